The monoisotopic (exact) mass is 438 g/mol. The van der Waals surface area contributed by atoms with Gasteiger partial charge in [-0.15, -0.1) is 0 Å². The number of piperidine rings is 1. The molecule has 0 aliphatic carbocycles. The average molecular weight is 439 g/mol. The summed E-state index contributed by atoms with van der Waals surface area (Å²) in [6, 6.07) is 5.76. The van der Waals surface area contributed by atoms with Gasteiger partial charge in [-0.1, -0.05) is 18.6 Å². The van der Waals surface area contributed by atoms with Crippen molar-refractivity contribution in [2.75, 3.05) is 52.4 Å². The molecule has 1 unspecified atom stereocenters. The molecule has 7 nitrogen and oxygen atoms in total. The maximum Gasteiger partial charge on any atom is 0.282 e. The Labute approximate surface area is 178 Å². The van der Waals surface area contributed by atoms with Gasteiger partial charge >= 0.3 is 0 Å². The first-order valence-corrected chi connectivity index (χ1v) is 12.4. The van der Waals surface area contributed by atoms with Crippen molar-refractivity contribution in [3.8, 4) is 0 Å². The molecular weight excluding hydrogens is 407 g/mol. The predicted molar refractivity (Wildman–Crippen MR) is 112 cm³/mol. The molecule has 1 amide bonds. The van der Waals surface area contributed by atoms with Gasteiger partial charge in [0.25, 0.3) is 10.2 Å². The van der Waals surface area contributed by atoms with E-state index in [4.69, 9.17) is 0 Å². The van der Waals surface area contributed by atoms with E-state index in [0.717, 1.165) is 50.8 Å². The van der Waals surface area contributed by atoms with Crippen molar-refractivity contribution in [3.63, 3.8) is 0 Å². The van der Waals surface area contributed by atoms with Crippen LogP contribution in [0.5, 0.6) is 0 Å². The molecule has 3 aliphatic rings. The standard InChI is InChI=1S/C21H31FN4O3S/c22-19-8-6-18(7-9-19)20(23-10-2-1-3-11-23)21(27)24-14-16-26(17-15-24)30(28,29)25-12-4-5-13-25/h6-9,20H,1-5,10-17H2. The number of hydrogen-bond donors (Lipinski definition) is 0. The molecule has 0 saturated carbocycles. The fourth-order valence-corrected chi connectivity index (χ4v) is 6.40. The smallest absolute Gasteiger partial charge is 0.282 e. The molecule has 3 fully saturated rings. The topological polar surface area (TPSA) is 64.2 Å². The summed E-state index contributed by atoms with van der Waals surface area (Å²) in [4.78, 5) is 17.5. The van der Waals surface area contributed by atoms with Gasteiger partial charge in [0.15, 0.2) is 0 Å². The maximum absolute atomic E-state index is 13.5. The van der Waals surface area contributed by atoms with Crippen LogP contribution in [0.3, 0.4) is 0 Å². The van der Waals surface area contributed by atoms with Crippen molar-refractivity contribution in [2.24, 2.45) is 0 Å². The number of piperazine rings is 1. The van der Waals surface area contributed by atoms with Gasteiger partial charge in [0.2, 0.25) is 5.91 Å². The Morgan fingerprint density at radius 3 is 1.90 bits per heavy atom. The van der Waals surface area contributed by atoms with Gasteiger partial charge in [-0.3, -0.25) is 9.69 Å². The summed E-state index contributed by atoms with van der Waals surface area (Å²) < 4.78 is 42.1. The van der Waals surface area contributed by atoms with Crippen molar-refractivity contribution in [1.82, 2.24) is 18.4 Å². The fourth-order valence-electron chi connectivity index (χ4n) is 4.73. The summed E-state index contributed by atoms with van der Waals surface area (Å²) in [6.45, 7) is 4.27. The Morgan fingerprint density at radius 2 is 1.30 bits per heavy atom. The summed E-state index contributed by atoms with van der Waals surface area (Å²) in [5.74, 6) is -0.328. The zero-order valence-corrected chi connectivity index (χ0v) is 18.2. The SMILES string of the molecule is O=C(C(c1ccc(F)cc1)N1CCCCC1)N1CCN(S(=O)(=O)N2CCCC2)CC1. The van der Waals surface area contributed by atoms with Gasteiger partial charge in [0.05, 0.1) is 0 Å². The zero-order chi connectivity index (χ0) is 21.1. The Morgan fingerprint density at radius 1 is 0.767 bits per heavy atom. The van der Waals surface area contributed by atoms with Gasteiger partial charge in [-0.05, 0) is 56.5 Å². The van der Waals surface area contributed by atoms with Gasteiger partial charge in [-0.2, -0.15) is 17.0 Å². The van der Waals surface area contributed by atoms with Crippen LogP contribution in [0.25, 0.3) is 0 Å². The third kappa shape index (κ3) is 4.54. The average Bonchev–Trinajstić information content (AvgIpc) is 3.32. The van der Waals surface area contributed by atoms with Crippen LogP contribution in [0.4, 0.5) is 4.39 Å². The number of carbonyl (C=O) groups excluding carboxylic acids is 1. The van der Waals surface area contributed by atoms with E-state index in [1.165, 1.54) is 16.4 Å². The zero-order valence-electron chi connectivity index (χ0n) is 17.4. The van der Waals surface area contributed by atoms with E-state index >= 15 is 0 Å². The van der Waals surface area contributed by atoms with Crippen molar-refractivity contribution < 1.29 is 17.6 Å². The van der Waals surface area contributed by atoms with Crippen LogP contribution >= 0.6 is 0 Å². The van der Waals surface area contributed by atoms with Gasteiger partial charge in [-0.25, -0.2) is 4.39 Å². The highest BCUT2D eigenvalue weighted by Crippen LogP contribution is 2.28. The first-order chi connectivity index (χ1) is 14.5. The third-order valence-corrected chi connectivity index (χ3v) is 8.48. The Hall–Kier alpha value is -1.55. The summed E-state index contributed by atoms with van der Waals surface area (Å²) in [5, 5.41) is 0. The predicted octanol–water partition coefficient (Wildman–Crippen LogP) is 1.84. The fraction of sp³-hybridized carbons (Fsp3) is 0.667. The molecule has 0 radical (unpaired) electrons. The molecule has 1 aromatic carbocycles. The van der Waals surface area contributed by atoms with E-state index in [2.05, 4.69) is 4.90 Å². The highest BCUT2D eigenvalue weighted by Gasteiger charge is 2.37. The summed E-state index contributed by atoms with van der Waals surface area (Å²) in [5.41, 5.74) is 0.801. The van der Waals surface area contributed by atoms with Crippen LogP contribution in [0.15, 0.2) is 24.3 Å². The highest BCUT2D eigenvalue weighted by molar-refractivity contribution is 7.86. The molecule has 166 valence electrons. The second kappa shape index (κ2) is 9.30. The lowest BCUT2D eigenvalue weighted by atomic mass is 10.00. The van der Waals surface area contributed by atoms with E-state index in [1.807, 2.05) is 0 Å². The number of halogens is 1. The van der Waals surface area contributed by atoms with E-state index in [9.17, 15) is 17.6 Å². The summed E-state index contributed by atoms with van der Waals surface area (Å²) >= 11 is 0. The van der Waals surface area contributed by atoms with E-state index in [-0.39, 0.29) is 11.7 Å². The minimum atomic E-state index is -3.43. The van der Waals surface area contributed by atoms with Gasteiger partial charge in [0, 0.05) is 39.3 Å². The van der Waals surface area contributed by atoms with Gasteiger partial charge < -0.3 is 4.90 Å². The molecule has 4 rings (SSSR count). The highest BCUT2D eigenvalue weighted by atomic mass is 32.2. The molecule has 3 heterocycles. The number of benzene rings is 1. The molecule has 0 aromatic heterocycles. The molecule has 0 spiro atoms. The first-order valence-electron chi connectivity index (χ1n) is 11.0. The van der Waals surface area contributed by atoms with Crippen molar-refractivity contribution >= 4 is 16.1 Å². The van der Waals surface area contributed by atoms with E-state index in [1.54, 1.807) is 21.3 Å². The number of hydrogen-bond acceptors (Lipinski definition) is 4. The molecule has 0 bridgehead atoms. The second-order valence-electron chi connectivity index (χ2n) is 8.39. The quantitative estimate of drug-likeness (QED) is 0.704. The van der Waals surface area contributed by atoms with Crippen LogP contribution < -0.4 is 0 Å². The molecule has 1 atom stereocenters. The number of nitrogens with zero attached hydrogens (tertiary/aromatic N) is 4. The molecule has 3 saturated heterocycles. The van der Waals surface area contributed by atoms with Crippen LogP contribution in [-0.2, 0) is 15.0 Å². The third-order valence-electron chi connectivity index (χ3n) is 6.44. The largest absolute Gasteiger partial charge is 0.338 e. The van der Waals surface area contributed by atoms with E-state index < -0.39 is 16.3 Å². The van der Waals surface area contributed by atoms with Crippen LogP contribution in [0.2, 0.25) is 0 Å². The van der Waals surface area contributed by atoms with Crippen LogP contribution in [0.1, 0.15) is 43.7 Å². The number of rotatable bonds is 5. The van der Waals surface area contributed by atoms with Crippen LogP contribution in [-0.4, -0.2) is 85.1 Å². The maximum atomic E-state index is 13.5. The minimum Gasteiger partial charge on any atom is -0.338 e. The molecule has 3 aliphatic heterocycles. The van der Waals surface area contributed by atoms with Gasteiger partial charge in [0.1, 0.15) is 11.9 Å². The Balaban J connectivity index is 1.46. The lowest BCUT2D eigenvalue weighted by molar-refractivity contribution is -0.139. The number of carbonyl (C=O) groups is 1. The molecule has 0 N–H and O–H groups in total. The molecule has 1 aromatic rings. The van der Waals surface area contributed by atoms with Crippen molar-refractivity contribution in [2.45, 2.75) is 38.1 Å². The first kappa shape index (κ1) is 21.7. The van der Waals surface area contributed by atoms with Crippen LogP contribution in [0, 0.1) is 5.82 Å². The van der Waals surface area contributed by atoms with E-state index in [0.29, 0.717) is 39.3 Å². The number of likely N-dealkylation sites (tertiary alicyclic amines) is 1. The Bertz CT molecular complexity index is 828. The van der Waals surface area contributed by atoms with Crippen molar-refractivity contribution in [1.29, 1.82) is 0 Å². The minimum absolute atomic E-state index is 0.0123. The van der Waals surface area contributed by atoms with Crippen molar-refractivity contribution in [3.05, 3.63) is 35.6 Å². The molecule has 30 heavy (non-hydrogen) atoms. The lowest BCUT2D eigenvalue weighted by Crippen LogP contribution is -2.55. The normalized spacial score (nSPS) is 23.6. The number of amides is 1. The summed E-state index contributed by atoms with van der Waals surface area (Å²) in [7, 11) is -3.43. The lowest BCUT2D eigenvalue weighted by Gasteiger charge is -2.40. The second-order valence-corrected chi connectivity index (χ2v) is 10.3. The summed E-state index contributed by atoms with van der Waals surface area (Å²) in [6.07, 6.45) is 5.08. The molecule has 9 heteroatoms. The molecular formula is C21H31FN4O3S. The Kier molecular flexibility index (Phi) is 6.72.